The highest BCUT2D eigenvalue weighted by Gasteiger charge is 2.18. The van der Waals surface area contributed by atoms with Crippen LogP contribution in [0.2, 0.25) is 0 Å². The molecule has 9 aromatic rings. The summed E-state index contributed by atoms with van der Waals surface area (Å²) in [6.07, 6.45) is 3.65. The fourth-order valence-corrected chi connectivity index (χ4v) is 7.02. The van der Waals surface area contributed by atoms with Crippen LogP contribution in [0.4, 0.5) is 0 Å². The highest BCUT2D eigenvalue weighted by atomic mass is 14.9. The van der Waals surface area contributed by atoms with E-state index in [2.05, 4.69) is 163 Å². The monoisotopic (exact) mass is 637 g/mol. The third-order valence-corrected chi connectivity index (χ3v) is 9.37. The molecule has 0 saturated carbocycles. The van der Waals surface area contributed by atoms with Crippen molar-refractivity contribution in [3.63, 3.8) is 0 Å². The molecule has 0 radical (unpaired) electrons. The first kappa shape index (κ1) is 29.4. The largest absolute Gasteiger partial charge is 0.264 e. The fraction of sp³-hybridized carbons (Fsp3) is 0. The Morgan fingerprint density at radius 1 is 0.300 bits per heavy atom. The van der Waals surface area contributed by atoms with Crippen LogP contribution in [-0.2, 0) is 0 Å². The molecule has 0 spiro atoms. The van der Waals surface area contributed by atoms with E-state index in [0.717, 1.165) is 33.6 Å². The SMILES string of the molecule is c1ccc(-c2ccc(-c3cc(-c4cccnc4)nc(-c4cccc(-c5c6ccccc6c(-c6ccccc6)c6ccccc56)c4)n3)cc2)cc1. The predicted molar refractivity (Wildman–Crippen MR) is 207 cm³/mol. The zero-order chi connectivity index (χ0) is 33.3. The number of pyridine rings is 1. The van der Waals surface area contributed by atoms with E-state index < -0.39 is 0 Å². The van der Waals surface area contributed by atoms with Gasteiger partial charge in [-0.2, -0.15) is 0 Å². The van der Waals surface area contributed by atoms with E-state index in [1.165, 1.54) is 49.4 Å². The maximum absolute atomic E-state index is 5.18. The summed E-state index contributed by atoms with van der Waals surface area (Å²) in [6, 6.07) is 62.0. The van der Waals surface area contributed by atoms with Crippen molar-refractivity contribution in [2.75, 3.05) is 0 Å². The van der Waals surface area contributed by atoms with Gasteiger partial charge in [-0.25, -0.2) is 9.97 Å². The minimum absolute atomic E-state index is 0.671. The molecule has 234 valence electrons. The van der Waals surface area contributed by atoms with E-state index in [-0.39, 0.29) is 0 Å². The summed E-state index contributed by atoms with van der Waals surface area (Å²) in [5.41, 5.74) is 11.8. The van der Waals surface area contributed by atoms with Crippen LogP contribution in [0.25, 0.3) is 88.8 Å². The molecule has 3 heteroatoms. The van der Waals surface area contributed by atoms with Crippen molar-refractivity contribution < 1.29 is 0 Å². The molecule has 0 atom stereocenters. The van der Waals surface area contributed by atoms with E-state index in [1.807, 2.05) is 24.4 Å². The van der Waals surface area contributed by atoms with Gasteiger partial charge in [0.25, 0.3) is 0 Å². The van der Waals surface area contributed by atoms with Crippen molar-refractivity contribution in [3.8, 4) is 67.3 Å². The quantitative estimate of drug-likeness (QED) is 0.170. The predicted octanol–water partition coefficient (Wildman–Crippen LogP) is 12.2. The van der Waals surface area contributed by atoms with Crippen molar-refractivity contribution in [2.24, 2.45) is 0 Å². The van der Waals surface area contributed by atoms with Gasteiger partial charge in [0, 0.05) is 29.1 Å². The molecular weight excluding hydrogens is 607 g/mol. The summed E-state index contributed by atoms with van der Waals surface area (Å²) in [6.45, 7) is 0. The van der Waals surface area contributed by atoms with E-state index in [0.29, 0.717) is 5.82 Å². The number of nitrogens with zero attached hydrogens (tertiary/aromatic N) is 3. The van der Waals surface area contributed by atoms with Crippen LogP contribution in [0.15, 0.2) is 188 Å². The second kappa shape index (κ2) is 12.7. The second-order valence-corrected chi connectivity index (χ2v) is 12.4. The Hall–Kier alpha value is -6.71. The zero-order valence-corrected chi connectivity index (χ0v) is 27.2. The molecule has 2 aromatic heterocycles. The Labute approximate surface area is 291 Å². The van der Waals surface area contributed by atoms with Crippen LogP contribution >= 0.6 is 0 Å². The lowest BCUT2D eigenvalue weighted by molar-refractivity contribution is 1.18. The van der Waals surface area contributed by atoms with Gasteiger partial charge in [0.05, 0.1) is 11.4 Å². The number of rotatable bonds is 6. The van der Waals surface area contributed by atoms with Crippen LogP contribution in [-0.4, -0.2) is 15.0 Å². The topological polar surface area (TPSA) is 38.7 Å². The molecule has 50 heavy (non-hydrogen) atoms. The Morgan fingerprint density at radius 3 is 1.36 bits per heavy atom. The molecule has 0 aliphatic carbocycles. The number of benzene rings is 7. The van der Waals surface area contributed by atoms with E-state index >= 15 is 0 Å². The molecule has 9 rings (SSSR count). The van der Waals surface area contributed by atoms with Crippen molar-refractivity contribution >= 4 is 21.5 Å². The van der Waals surface area contributed by atoms with Gasteiger partial charge >= 0.3 is 0 Å². The summed E-state index contributed by atoms with van der Waals surface area (Å²) in [4.78, 5) is 14.7. The first-order chi connectivity index (χ1) is 24.8. The molecule has 0 saturated heterocycles. The van der Waals surface area contributed by atoms with Gasteiger partial charge in [0.1, 0.15) is 0 Å². The maximum atomic E-state index is 5.18. The molecule has 3 nitrogen and oxygen atoms in total. The highest BCUT2D eigenvalue weighted by Crippen LogP contribution is 2.44. The molecule has 0 aliphatic rings. The number of hydrogen-bond donors (Lipinski definition) is 0. The summed E-state index contributed by atoms with van der Waals surface area (Å²) in [5, 5.41) is 4.89. The fourth-order valence-electron chi connectivity index (χ4n) is 7.02. The minimum atomic E-state index is 0.671. The van der Waals surface area contributed by atoms with Crippen LogP contribution in [0.3, 0.4) is 0 Å². The van der Waals surface area contributed by atoms with Gasteiger partial charge in [0.15, 0.2) is 5.82 Å². The lowest BCUT2D eigenvalue weighted by Crippen LogP contribution is -1.97. The lowest BCUT2D eigenvalue weighted by Gasteiger charge is -2.18. The van der Waals surface area contributed by atoms with Crippen LogP contribution in [0, 0.1) is 0 Å². The molecule has 0 aliphatic heterocycles. The van der Waals surface area contributed by atoms with Crippen LogP contribution in [0.5, 0.6) is 0 Å². The average molecular weight is 638 g/mol. The van der Waals surface area contributed by atoms with Crippen LogP contribution < -0.4 is 0 Å². The molecule has 2 heterocycles. The first-order valence-corrected chi connectivity index (χ1v) is 16.9. The van der Waals surface area contributed by atoms with Crippen molar-refractivity contribution in [2.45, 2.75) is 0 Å². The molecule has 0 bridgehead atoms. The molecule has 7 aromatic carbocycles. The summed E-state index contributed by atoms with van der Waals surface area (Å²) < 4.78 is 0. The normalized spacial score (nSPS) is 11.2. The summed E-state index contributed by atoms with van der Waals surface area (Å²) in [5.74, 6) is 0.671. The minimum Gasteiger partial charge on any atom is -0.264 e. The van der Waals surface area contributed by atoms with E-state index in [9.17, 15) is 0 Å². The Kier molecular flexibility index (Phi) is 7.49. The third-order valence-electron chi connectivity index (χ3n) is 9.37. The van der Waals surface area contributed by atoms with Gasteiger partial charge in [-0.1, -0.05) is 152 Å². The van der Waals surface area contributed by atoms with Crippen molar-refractivity contribution in [3.05, 3.63) is 188 Å². The third kappa shape index (κ3) is 5.41. The van der Waals surface area contributed by atoms with E-state index in [4.69, 9.17) is 9.97 Å². The van der Waals surface area contributed by atoms with Gasteiger partial charge in [-0.15, -0.1) is 0 Å². The molecule has 0 amide bonds. The van der Waals surface area contributed by atoms with E-state index in [1.54, 1.807) is 6.20 Å². The molecular formula is C47H31N3. The molecule has 0 unspecified atom stereocenters. The molecule has 0 N–H and O–H groups in total. The van der Waals surface area contributed by atoms with Gasteiger partial charge in [0.2, 0.25) is 0 Å². The number of fused-ring (bicyclic) bond motifs is 2. The lowest BCUT2D eigenvalue weighted by atomic mass is 9.85. The maximum Gasteiger partial charge on any atom is 0.160 e. The Morgan fingerprint density at radius 2 is 0.760 bits per heavy atom. The van der Waals surface area contributed by atoms with Gasteiger partial charge in [-0.05, 0) is 79.2 Å². The second-order valence-electron chi connectivity index (χ2n) is 12.4. The number of aromatic nitrogens is 3. The van der Waals surface area contributed by atoms with Gasteiger partial charge < -0.3 is 0 Å². The standard InChI is InChI=1S/C47H31N3/c1-3-13-32(14-4-1)33-24-26-34(27-25-33)43-30-44(38-19-12-28-48-31-38)50-47(49-43)37-18-11-17-36(29-37)46-41-22-9-7-20-39(41)45(35-15-5-2-6-16-35)40-21-8-10-23-42(40)46/h1-31H. The van der Waals surface area contributed by atoms with Crippen molar-refractivity contribution in [1.82, 2.24) is 15.0 Å². The Balaban J connectivity index is 1.22. The van der Waals surface area contributed by atoms with Crippen LogP contribution in [0.1, 0.15) is 0 Å². The van der Waals surface area contributed by atoms with Crippen molar-refractivity contribution in [1.29, 1.82) is 0 Å². The van der Waals surface area contributed by atoms with Gasteiger partial charge in [-0.3, -0.25) is 4.98 Å². The smallest absolute Gasteiger partial charge is 0.160 e. The summed E-state index contributed by atoms with van der Waals surface area (Å²) >= 11 is 0. The zero-order valence-electron chi connectivity index (χ0n) is 27.2. The summed E-state index contributed by atoms with van der Waals surface area (Å²) in [7, 11) is 0. The number of hydrogen-bond acceptors (Lipinski definition) is 3. The average Bonchev–Trinajstić information content (AvgIpc) is 3.21. The Bertz CT molecular complexity index is 2560. The highest BCUT2D eigenvalue weighted by molar-refractivity contribution is 6.21. The molecule has 0 fully saturated rings. The first-order valence-electron chi connectivity index (χ1n) is 16.9.